The molecule has 0 aliphatic carbocycles. The molecule has 3 amide bonds. The molecular weight excluding hydrogens is 280 g/mol. The van der Waals surface area contributed by atoms with Crippen molar-refractivity contribution in [3.63, 3.8) is 0 Å². The maximum atomic E-state index is 12.3. The van der Waals surface area contributed by atoms with Crippen LogP contribution in [-0.4, -0.2) is 53.4 Å². The first-order valence-corrected chi connectivity index (χ1v) is 7.27. The molecule has 0 N–H and O–H groups in total. The molecule has 3 heterocycles. The van der Waals surface area contributed by atoms with Crippen LogP contribution in [0.4, 0.5) is 4.79 Å². The molecule has 6 nitrogen and oxygen atoms in total. The van der Waals surface area contributed by atoms with Crippen LogP contribution in [-0.2, 0) is 9.53 Å². The molecule has 2 aliphatic rings. The Morgan fingerprint density at radius 2 is 2.25 bits per heavy atom. The minimum absolute atomic E-state index is 0.0365. The highest BCUT2D eigenvalue weighted by Gasteiger charge is 2.41. The van der Waals surface area contributed by atoms with Gasteiger partial charge in [0.15, 0.2) is 6.61 Å². The second-order valence-electron chi connectivity index (χ2n) is 5.00. The Labute approximate surface area is 119 Å². The molecular formula is C13H14N2O4S. The monoisotopic (exact) mass is 294 g/mol. The van der Waals surface area contributed by atoms with E-state index >= 15 is 0 Å². The van der Waals surface area contributed by atoms with Crippen molar-refractivity contribution < 1.29 is 19.1 Å². The molecule has 1 atom stereocenters. The SMILES string of the molecule is Cc1csc(C(=O)N2CC[C@@H](N3C(=O)COC3=O)C2)c1. The van der Waals surface area contributed by atoms with E-state index in [4.69, 9.17) is 4.74 Å². The Balaban J connectivity index is 1.69. The number of carbonyl (C=O) groups excluding carboxylic acids is 3. The normalized spacial score (nSPS) is 22.6. The topological polar surface area (TPSA) is 66.9 Å². The maximum Gasteiger partial charge on any atom is 0.417 e. The van der Waals surface area contributed by atoms with Crippen molar-refractivity contribution in [1.29, 1.82) is 0 Å². The first-order chi connectivity index (χ1) is 9.56. The lowest BCUT2D eigenvalue weighted by atomic mass is 10.2. The lowest BCUT2D eigenvalue weighted by molar-refractivity contribution is -0.127. The van der Waals surface area contributed by atoms with Gasteiger partial charge in [0, 0.05) is 13.1 Å². The molecule has 2 aliphatic heterocycles. The summed E-state index contributed by atoms with van der Waals surface area (Å²) in [6.07, 6.45) is 0.0120. The standard InChI is InChI=1S/C13H14N2O4S/c1-8-4-10(20-7-8)12(17)14-3-2-9(5-14)15-11(16)6-19-13(15)18/h4,7,9H,2-3,5-6H2,1H3/t9-/m1/s1. The van der Waals surface area contributed by atoms with Gasteiger partial charge in [-0.2, -0.15) is 0 Å². The number of hydrogen-bond donors (Lipinski definition) is 0. The molecule has 0 unspecified atom stereocenters. The zero-order valence-corrected chi connectivity index (χ0v) is 11.8. The van der Waals surface area contributed by atoms with Crippen LogP contribution in [0.1, 0.15) is 21.7 Å². The predicted molar refractivity (Wildman–Crippen MR) is 71.6 cm³/mol. The Morgan fingerprint density at radius 1 is 1.45 bits per heavy atom. The summed E-state index contributed by atoms with van der Waals surface area (Å²) in [4.78, 5) is 38.9. The minimum atomic E-state index is -0.596. The van der Waals surface area contributed by atoms with Gasteiger partial charge in [0.05, 0.1) is 10.9 Å². The third-order valence-electron chi connectivity index (χ3n) is 3.54. The van der Waals surface area contributed by atoms with Gasteiger partial charge in [0.1, 0.15) is 0 Å². The highest BCUT2D eigenvalue weighted by atomic mass is 32.1. The Hall–Kier alpha value is -1.89. The zero-order valence-electron chi connectivity index (χ0n) is 11.0. The number of hydrogen-bond acceptors (Lipinski definition) is 5. The van der Waals surface area contributed by atoms with E-state index in [1.54, 1.807) is 4.90 Å². The van der Waals surface area contributed by atoms with E-state index in [1.165, 1.54) is 11.3 Å². The number of ether oxygens (including phenoxy) is 1. The number of rotatable bonds is 2. The number of imide groups is 1. The summed E-state index contributed by atoms with van der Waals surface area (Å²) in [7, 11) is 0. The highest BCUT2D eigenvalue weighted by molar-refractivity contribution is 7.12. The van der Waals surface area contributed by atoms with E-state index in [0.717, 1.165) is 10.5 Å². The summed E-state index contributed by atoms with van der Waals surface area (Å²) < 4.78 is 4.71. The van der Waals surface area contributed by atoms with E-state index in [-0.39, 0.29) is 24.5 Å². The summed E-state index contributed by atoms with van der Waals surface area (Å²) in [5, 5.41) is 1.93. The van der Waals surface area contributed by atoms with Crippen molar-refractivity contribution >= 4 is 29.2 Å². The van der Waals surface area contributed by atoms with Crippen LogP contribution in [0.15, 0.2) is 11.4 Å². The average Bonchev–Trinajstić information content (AvgIpc) is 3.10. The van der Waals surface area contributed by atoms with Crippen molar-refractivity contribution in [2.75, 3.05) is 19.7 Å². The van der Waals surface area contributed by atoms with Gasteiger partial charge in [-0.25, -0.2) is 9.69 Å². The second-order valence-corrected chi connectivity index (χ2v) is 5.91. The number of amides is 3. The van der Waals surface area contributed by atoms with Crippen LogP contribution in [0.3, 0.4) is 0 Å². The Morgan fingerprint density at radius 3 is 2.85 bits per heavy atom. The quantitative estimate of drug-likeness (QED) is 0.823. The van der Waals surface area contributed by atoms with Crippen molar-refractivity contribution in [2.24, 2.45) is 0 Å². The second kappa shape index (κ2) is 4.90. The van der Waals surface area contributed by atoms with E-state index in [1.807, 2.05) is 18.4 Å². The van der Waals surface area contributed by atoms with Crippen molar-refractivity contribution in [2.45, 2.75) is 19.4 Å². The molecule has 1 aromatic rings. The Bertz CT molecular complexity index is 567. The molecule has 0 spiro atoms. The molecule has 0 aromatic carbocycles. The van der Waals surface area contributed by atoms with Crippen LogP contribution in [0.2, 0.25) is 0 Å². The summed E-state index contributed by atoms with van der Waals surface area (Å²) in [5.41, 5.74) is 1.06. The fourth-order valence-corrected chi connectivity index (χ4v) is 3.42. The fourth-order valence-electron chi connectivity index (χ4n) is 2.55. The van der Waals surface area contributed by atoms with Crippen LogP contribution in [0, 0.1) is 6.92 Å². The molecule has 0 bridgehead atoms. The molecule has 2 saturated heterocycles. The number of aryl methyl sites for hydroxylation is 1. The number of carbonyl (C=O) groups is 3. The number of thiophene rings is 1. The lowest BCUT2D eigenvalue weighted by Crippen LogP contribution is -2.41. The average molecular weight is 294 g/mol. The summed E-state index contributed by atoms with van der Waals surface area (Å²) in [5.74, 6) is -0.355. The van der Waals surface area contributed by atoms with Crippen LogP contribution < -0.4 is 0 Å². The number of likely N-dealkylation sites (tertiary alicyclic amines) is 1. The van der Waals surface area contributed by atoms with Gasteiger partial charge in [-0.3, -0.25) is 9.59 Å². The molecule has 7 heteroatoms. The van der Waals surface area contributed by atoms with E-state index in [9.17, 15) is 14.4 Å². The number of nitrogens with zero attached hydrogens (tertiary/aromatic N) is 2. The lowest BCUT2D eigenvalue weighted by Gasteiger charge is -2.20. The first-order valence-electron chi connectivity index (χ1n) is 6.39. The van der Waals surface area contributed by atoms with Gasteiger partial charge >= 0.3 is 6.09 Å². The molecule has 106 valence electrons. The molecule has 0 radical (unpaired) electrons. The van der Waals surface area contributed by atoms with Crippen molar-refractivity contribution in [3.8, 4) is 0 Å². The Kier molecular flexibility index (Phi) is 3.21. The molecule has 0 saturated carbocycles. The van der Waals surface area contributed by atoms with Crippen LogP contribution >= 0.6 is 11.3 Å². The van der Waals surface area contributed by atoms with Crippen molar-refractivity contribution in [3.05, 3.63) is 21.9 Å². The summed E-state index contributed by atoms with van der Waals surface area (Å²) in [6, 6.07) is 1.60. The number of cyclic esters (lactones) is 1. The van der Waals surface area contributed by atoms with E-state index in [0.29, 0.717) is 24.4 Å². The molecule has 1 aromatic heterocycles. The van der Waals surface area contributed by atoms with E-state index < -0.39 is 6.09 Å². The molecule has 3 rings (SSSR count). The van der Waals surface area contributed by atoms with Gasteiger partial charge < -0.3 is 9.64 Å². The third kappa shape index (κ3) is 2.18. The van der Waals surface area contributed by atoms with Crippen LogP contribution in [0.25, 0.3) is 0 Å². The smallest absolute Gasteiger partial charge is 0.417 e. The molecule has 2 fully saturated rings. The predicted octanol–water partition coefficient (Wildman–Crippen LogP) is 1.25. The van der Waals surface area contributed by atoms with Crippen molar-refractivity contribution in [1.82, 2.24) is 9.80 Å². The van der Waals surface area contributed by atoms with E-state index in [2.05, 4.69) is 0 Å². The van der Waals surface area contributed by atoms with Crippen LogP contribution in [0.5, 0.6) is 0 Å². The largest absolute Gasteiger partial charge is 0.439 e. The maximum absolute atomic E-state index is 12.3. The van der Waals surface area contributed by atoms with Gasteiger partial charge in [-0.1, -0.05) is 0 Å². The first kappa shape index (κ1) is 13.1. The van der Waals surface area contributed by atoms with Gasteiger partial charge in [0.25, 0.3) is 11.8 Å². The molecule has 20 heavy (non-hydrogen) atoms. The minimum Gasteiger partial charge on any atom is -0.439 e. The fraction of sp³-hybridized carbons (Fsp3) is 0.462. The highest BCUT2D eigenvalue weighted by Crippen LogP contribution is 2.23. The zero-order chi connectivity index (χ0) is 14.3. The summed E-state index contributed by atoms with van der Waals surface area (Å²) >= 11 is 1.42. The van der Waals surface area contributed by atoms with Gasteiger partial charge in [-0.05, 0) is 30.4 Å². The summed E-state index contributed by atoms with van der Waals surface area (Å²) in [6.45, 7) is 2.69. The van der Waals surface area contributed by atoms with Gasteiger partial charge in [-0.15, -0.1) is 11.3 Å². The van der Waals surface area contributed by atoms with Gasteiger partial charge in [0.2, 0.25) is 0 Å². The third-order valence-corrected chi connectivity index (χ3v) is 4.58.